The normalized spacial score (nSPS) is 15.2. The van der Waals surface area contributed by atoms with Gasteiger partial charge in [0.05, 0.1) is 27.8 Å². The number of rotatable bonds is 5. The number of halogens is 5. The van der Waals surface area contributed by atoms with Crippen molar-refractivity contribution in [3.63, 3.8) is 0 Å². The Morgan fingerprint density at radius 2 is 1.86 bits per heavy atom. The molecule has 3 aromatic carbocycles. The van der Waals surface area contributed by atoms with Crippen LogP contribution in [0.1, 0.15) is 39.0 Å². The van der Waals surface area contributed by atoms with Gasteiger partial charge in [-0.15, -0.1) is 0 Å². The van der Waals surface area contributed by atoms with E-state index in [2.05, 4.69) is 0 Å². The first-order chi connectivity index (χ1) is 17.6. The van der Waals surface area contributed by atoms with E-state index in [1.165, 1.54) is 18.2 Å². The number of amides is 1. The topological polar surface area (TPSA) is 71.1 Å². The average molecular weight is 527 g/mol. The van der Waals surface area contributed by atoms with Gasteiger partial charge in [-0.2, -0.15) is 23.7 Å². The quantitative estimate of drug-likeness (QED) is 0.373. The number of hydrogen-bond acceptors (Lipinski definition) is 4. The molecule has 188 valence electrons. The van der Waals surface area contributed by atoms with Gasteiger partial charge in [0.1, 0.15) is 11.9 Å². The Kier molecular flexibility index (Phi) is 7.37. The summed E-state index contributed by atoms with van der Waals surface area (Å²) in [5.74, 6) is -1.29. The van der Waals surface area contributed by atoms with Gasteiger partial charge in [0.15, 0.2) is 0 Å². The molecule has 1 atom stereocenters. The lowest BCUT2D eigenvalue weighted by molar-refractivity contribution is -0.138. The molecule has 1 heterocycles. The van der Waals surface area contributed by atoms with Crippen molar-refractivity contribution >= 4 is 23.2 Å². The first kappa shape index (κ1) is 26.0. The van der Waals surface area contributed by atoms with Crippen molar-refractivity contribution in [3.8, 4) is 12.1 Å². The molecule has 0 unspecified atom stereocenters. The maximum absolute atomic E-state index is 13.7. The van der Waals surface area contributed by atoms with Crippen LogP contribution in [0, 0.1) is 28.5 Å². The van der Waals surface area contributed by atoms with E-state index in [0.717, 1.165) is 12.1 Å². The van der Waals surface area contributed by atoms with E-state index in [9.17, 15) is 27.6 Å². The zero-order chi connectivity index (χ0) is 26.7. The van der Waals surface area contributed by atoms with Gasteiger partial charge in [-0.3, -0.25) is 4.79 Å². The summed E-state index contributed by atoms with van der Waals surface area (Å²) in [6.07, 6.45) is -4.32. The summed E-state index contributed by atoms with van der Waals surface area (Å²) in [6, 6.07) is 16.9. The molecule has 1 fully saturated rings. The van der Waals surface area contributed by atoms with Crippen molar-refractivity contribution in [3.05, 3.63) is 99.3 Å². The lowest BCUT2D eigenvalue weighted by atomic mass is 10.0. The largest absolute Gasteiger partial charge is 0.416 e. The van der Waals surface area contributed by atoms with Crippen LogP contribution in [0.3, 0.4) is 0 Å². The SMILES string of the molecule is N#Cc1cccc(C(=O)N2CC[C@H](N(Cc3ccc(F)cc3C(F)(F)F)c3ccc(C#N)c(Cl)c3)C2)c1. The second kappa shape index (κ2) is 10.5. The predicted octanol–water partition coefficient (Wildman–Crippen LogP) is 6.16. The van der Waals surface area contributed by atoms with Gasteiger partial charge < -0.3 is 9.80 Å². The Balaban J connectivity index is 1.68. The fraction of sp³-hybridized carbons (Fsp3) is 0.222. The summed E-state index contributed by atoms with van der Waals surface area (Å²) in [7, 11) is 0. The van der Waals surface area contributed by atoms with Crippen LogP contribution in [-0.2, 0) is 12.7 Å². The van der Waals surface area contributed by atoms with Crippen molar-refractivity contribution in [2.24, 2.45) is 0 Å². The van der Waals surface area contributed by atoms with Crippen LogP contribution in [0.2, 0.25) is 5.02 Å². The van der Waals surface area contributed by atoms with E-state index in [1.54, 1.807) is 34.1 Å². The van der Waals surface area contributed by atoms with Crippen LogP contribution < -0.4 is 4.90 Å². The molecule has 1 aliphatic heterocycles. The van der Waals surface area contributed by atoms with Gasteiger partial charge in [-0.25, -0.2) is 4.39 Å². The summed E-state index contributed by atoms with van der Waals surface area (Å²) >= 11 is 6.23. The smallest absolute Gasteiger partial charge is 0.362 e. The fourth-order valence-electron chi connectivity index (χ4n) is 4.42. The van der Waals surface area contributed by atoms with Crippen molar-refractivity contribution in [2.75, 3.05) is 18.0 Å². The molecule has 0 aromatic heterocycles. The maximum atomic E-state index is 13.7. The Bertz CT molecular complexity index is 1430. The Labute approximate surface area is 215 Å². The molecular formula is C27H19ClF4N4O. The van der Waals surface area contributed by atoms with Crippen molar-refractivity contribution in [2.45, 2.75) is 25.2 Å². The highest BCUT2D eigenvalue weighted by Crippen LogP contribution is 2.36. The number of benzene rings is 3. The Morgan fingerprint density at radius 1 is 1.08 bits per heavy atom. The molecule has 5 nitrogen and oxygen atoms in total. The van der Waals surface area contributed by atoms with Gasteiger partial charge in [-0.1, -0.05) is 23.7 Å². The monoisotopic (exact) mass is 526 g/mol. The first-order valence-electron chi connectivity index (χ1n) is 11.2. The molecule has 0 bridgehead atoms. The van der Waals surface area contributed by atoms with Crippen LogP contribution in [0.15, 0.2) is 60.7 Å². The van der Waals surface area contributed by atoms with Crippen LogP contribution in [-0.4, -0.2) is 29.9 Å². The molecule has 1 aliphatic rings. The van der Waals surface area contributed by atoms with Gasteiger partial charge in [0, 0.05) is 36.9 Å². The zero-order valence-electron chi connectivity index (χ0n) is 19.3. The molecule has 0 N–H and O–H groups in total. The predicted molar refractivity (Wildman–Crippen MR) is 129 cm³/mol. The number of alkyl halides is 3. The van der Waals surface area contributed by atoms with Crippen molar-refractivity contribution in [1.29, 1.82) is 10.5 Å². The second-order valence-corrected chi connectivity index (χ2v) is 9.00. The van der Waals surface area contributed by atoms with Crippen molar-refractivity contribution in [1.82, 2.24) is 4.90 Å². The molecule has 1 amide bonds. The molecule has 3 aromatic rings. The molecule has 1 saturated heterocycles. The number of anilines is 1. The zero-order valence-corrected chi connectivity index (χ0v) is 20.0. The molecule has 37 heavy (non-hydrogen) atoms. The van der Waals surface area contributed by atoms with Gasteiger partial charge in [-0.05, 0) is 60.5 Å². The number of likely N-dealkylation sites (tertiary alicyclic amines) is 1. The minimum absolute atomic E-state index is 0.138. The number of carbonyl (C=O) groups excluding carboxylic acids is 1. The van der Waals surface area contributed by atoms with Gasteiger partial charge in [0.25, 0.3) is 5.91 Å². The van der Waals surface area contributed by atoms with Crippen LogP contribution in [0.5, 0.6) is 0 Å². The number of carbonyl (C=O) groups is 1. The van der Waals surface area contributed by atoms with E-state index in [4.69, 9.17) is 16.9 Å². The van der Waals surface area contributed by atoms with E-state index in [1.807, 2.05) is 12.1 Å². The van der Waals surface area contributed by atoms with E-state index in [0.29, 0.717) is 35.8 Å². The van der Waals surface area contributed by atoms with Gasteiger partial charge in [0.2, 0.25) is 0 Å². The highest BCUT2D eigenvalue weighted by molar-refractivity contribution is 6.32. The first-order valence-corrected chi connectivity index (χ1v) is 11.6. The molecule has 0 spiro atoms. The third-order valence-corrected chi connectivity index (χ3v) is 6.57. The number of nitrogens with zero attached hydrogens (tertiary/aromatic N) is 4. The number of hydrogen-bond donors (Lipinski definition) is 0. The van der Waals surface area contributed by atoms with E-state index >= 15 is 0 Å². The van der Waals surface area contributed by atoms with Gasteiger partial charge >= 0.3 is 6.18 Å². The van der Waals surface area contributed by atoms with Crippen LogP contribution >= 0.6 is 11.6 Å². The molecule has 10 heteroatoms. The standard InChI is InChI=1S/C27H19ClF4N4O/c28-25-12-22(7-5-19(25)14-34)36(15-20-4-6-21(29)11-24(20)27(30,31)32)23-8-9-35(16-23)26(37)18-3-1-2-17(10-18)13-33/h1-7,10-12,23H,8-9,15-16H2/t23-/m0/s1. The minimum Gasteiger partial charge on any atom is -0.362 e. The van der Waals surface area contributed by atoms with Crippen molar-refractivity contribution < 1.29 is 22.4 Å². The summed E-state index contributed by atoms with van der Waals surface area (Å²) in [4.78, 5) is 16.4. The second-order valence-electron chi connectivity index (χ2n) is 8.59. The third-order valence-electron chi connectivity index (χ3n) is 6.25. The van der Waals surface area contributed by atoms with E-state index < -0.39 is 23.6 Å². The van der Waals surface area contributed by atoms with Crippen LogP contribution in [0.4, 0.5) is 23.2 Å². The summed E-state index contributed by atoms with van der Waals surface area (Å²) in [5.41, 5.74) is 0.130. The van der Waals surface area contributed by atoms with Crippen LogP contribution in [0.25, 0.3) is 0 Å². The Hall–Kier alpha value is -4.08. The minimum atomic E-state index is -4.77. The molecule has 0 radical (unpaired) electrons. The molecular weight excluding hydrogens is 508 g/mol. The average Bonchev–Trinajstić information content (AvgIpc) is 3.37. The Morgan fingerprint density at radius 3 is 2.54 bits per heavy atom. The highest BCUT2D eigenvalue weighted by atomic mass is 35.5. The lowest BCUT2D eigenvalue weighted by Gasteiger charge is -2.32. The summed E-state index contributed by atoms with van der Waals surface area (Å²) < 4.78 is 54.9. The van der Waals surface area contributed by atoms with E-state index in [-0.39, 0.29) is 35.1 Å². The molecule has 0 saturated carbocycles. The summed E-state index contributed by atoms with van der Waals surface area (Å²) in [5, 5.41) is 18.5. The number of nitriles is 2. The molecule has 0 aliphatic carbocycles. The highest BCUT2D eigenvalue weighted by Gasteiger charge is 2.36. The fourth-order valence-corrected chi connectivity index (χ4v) is 4.64. The maximum Gasteiger partial charge on any atom is 0.416 e. The molecule has 4 rings (SSSR count). The third kappa shape index (κ3) is 5.68. The summed E-state index contributed by atoms with van der Waals surface area (Å²) in [6.45, 7) is 0.320. The lowest BCUT2D eigenvalue weighted by Crippen LogP contribution is -2.39.